The predicted molar refractivity (Wildman–Crippen MR) is 77.8 cm³/mol. The minimum Gasteiger partial charge on any atom is -0.373 e. The lowest BCUT2D eigenvalue weighted by Gasteiger charge is -2.29. The van der Waals surface area contributed by atoms with Gasteiger partial charge in [-0.3, -0.25) is 0 Å². The van der Waals surface area contributed by atoms with Gasteiger partial charge >= 0.3 is 0 Å². The number of likely N-dealkylation sites (N-methyl/N-ethyl adjacent to an activating group) is 1. The highest BCUT2D eigenvalue weighted by molar-refractivity contribution is 9.10. The second-order valence-corrected chi connectivity index (χ2v) is 5.66. The summed E-state index contributed by atoms with van der Waals surface area (Å²) in [5, 5.41) is 12.5. The fourth-order valence-electron chi connectivity index (χ4n) is 2.35. The van der Waals surface area contributed by atoms with Gasteiger partial charge in [0, 0.05) is 29.8 Å². The molecule has 96 valence electrons. The number of piperidine rings is 1. The van der Waals surface area contributed by atoms with Crippen LogP contribution >= 0.6 is 15.9 Å². The average molecular weight is 308 g/mol. The highest BCUT2D eigenvalue weighted by Crippen LogP contribution is 2.23. The molecule has 0 amide bonds. The second-order valence-electron chi connectivity index (χ2n) is 4.80. The smallest absolute Gasteiger partial charge is 0.100 e. The Bertz CT molecular complexity index is 447. The van der Waals surface area contributed by atoms with E-state index in [1.165, 1.54) is 19.3 Å². The van der Waals surface area contributed by atoms with Crippen molar-refractivity contribution >= 4 is 21.6 Å². The quantitative estimate of drug-likeness (QED) is 0.933. The molecular weight excluding hydrogens is 290 g/mol. The minimum absolute atomic E-state index is 0.582. The number of hydrogen-bond donors (Lipinski definition) is 1. The van der Waals surface area contributed by atoms with Crippen molar-refractivity contribution in [2.24, 2.45) is 0 Å². The van der Waals surface area contributed by atoms with Gasteiger partial charge in [0.1, 0.15) is 6.07 Å². The Kier molecular flexibility index (Phi) is 4.62. The number of nitriles is 1. The fraction of sp³-hybridized carbons (Fsp3) is 0.500. The summed E-state index contributed by atoms with van der Waals surface area (Å²) in [6, 6.07) is 8.63. The number of rotatable bonds is 3. The predicted octanol–water partition coefficient (Wildman–Crippen LogP) is 2.90. The molecule has 1 unspecified atom stereocenters. The SMILES string of the molecule is CN(CC1CCCCN1)c1ccc(C#N)c(Br)c1. The molecule has 2 rings (SSSR count). The zero-order valence-corrected chi connectivity index (χ0v) is 12.2. The Labute approximate surface area is 117 Å². The van der Waals surface area contributed by atoms with Crippen LogP contribution in [0.25, 0.3) is 0 Å². The molecule has 0 aliphatic carbocycles. The number of benzene rings is 1. The normalized spacial score (nSPS) is 19.3. The van der Waals surface area contributed by atoms with E-state index in [2.05, 4.69) is 39.3 Å². The van der Waals surface area contributed by atoms with Crippen LogP contribution in [0, 0.1) is 11.3 Å². The number of hydrogen-bond acceptors (Lipinski definition) is 3. The summed E-state index contributed by atoms with van der Waals surface area (Å²) in [5.74, 6) is 0. The van der Waals surface area contributed by atoms with Gasteiger partial charge in [0.2, 0.25) is 0 Å². The van der Waals surface area contributed by atoms with Gasteiger partial charge in [0.05, 0.1) is 5.56 Å². The fourth-order valence-corrected chi connectivity index (χ4v) is 2.80. The molecule has 1 aromatic rings. The molecule has 1 aliphatic heterocycles. The first kappa shape index (κ1) is 13.4. The summed E-state index contributed by atoms with van der Waals surface area (Å²) in [4.78, 5) is 2.24. The molecule has 1 heterocycles. The molecule has 0 aromatic heterocycles. The lowest BCUT2D eigenvalue weighted by molar-refractivity contribution is 0.403. The van der Waals surface area contributed by atoms with E-state index in [1.54, 1.807) is 0 Å². The van der Waals surface area contributed by atoms with E-state index in [9.17, 15) is 0 Å². The lowest BCUT2D eigenvalue weighted by Crippen LogP contribution is -2.42. The Morgan fingerprint density at radius 3 is 2.94 bits per heavy atom. The van der Waals surface area contributed by atoms with Crippen LogP contribution in [0.15, 0.2) is 22.7 Å². The molecule has 1 saturated heterocycles. The van der Waals surface area contributed by atoms with Crippen LogP contribution in [-0.4, -0.2) is 26.2 Å². The Morgan fingerprint density at radius 2 is 2.33 bits per heavy atom. The van der Waals surface area contributed by atoms with Crippen molar-refractivity contribution in [1.29, 1.82) is 5.26 Å². The maximum absolute atomic E-state index is 8.91. The first-order valence-corrected chi connectivity index (χ1v) is 7.14. The summed E-state index contributed by atoms with van der Waals surface area (Å²) in [6.07, 6.45) is 3.87. The van der Waals surface area contributed by atoms with Crippen molar-refractivity contribution in [2.75, 3.05) is 25.0 Å². The molecular formula is C14H18BrN3. The van der Waals surface area contributed by atoms with Crippen LogP contribution in [-0.2, 0) is 0 Å². The maximum Gasteiger partial charge on any atom is 0.100 e. The van der Waals surface area contributed by atoms with Gasteiger partial charge in [0.15, 0.2) is 0 Å². The van der Waals surface area contributed by atoms with Crippen LogP contribution < -0.4 is 10.2 Å². The minimum atomic E-state index is 0.582. The van der Waals surface area contributed by atoms with E-state index in [1.807, 2.05) is 18.2 Å². The second kappa shape index (κ2) is 6.21. The van der Waals surface area contributed by atoms with Gasteiger partial charge in [-0.05, 0) is 53.5 Å². The van der Waals surface area contributed by atoms with Crippen LogP contribution in [0.5, 0.6) is 0 Å². The maximum atomic E-state index is 8.91. The van der Waals surface area contributed by atoms with Crippen molar-refractivity contribution < 1.29 is 0 Å². The Morgan fingerprint density at radius 1 is 1.50 bits per heavy atom. The third kappa shape index (κ3) is 3.24. The number of halogens is 1. The molecule has 1 aliphatic rings. The lowest BCUT2D eigenvalue weighted by atomic mass is 10.0. The highest BCUT2D eigenvalue weighted by atomic mass is 79.9. The number of nitrogens with one attached hydrogen (secondary N) is 1. The number of anilines is 1. The molecule has 3 nitrogen and oxygen atoms in total. The molecule has 1 atom stereocenters. The summed E-state index contributed by atoms with van der Waals surface area (Å²) < 4.78 is 0.867. The Hall–Kier alpha value is -1.05. The average Bonchev–Trinajstić information content (AvgIpc) is 2.39. The van der Waals surface area contributed by atoms with Crippen LogP contribution in [0.2, 0.25) is 0 Å². The van der Waals surface area contributed by atoms with Crippen molar-refractivity contribution in [2.45, 2.75) is 25.3 Å². The summed E-state index contributed by atoms with van der Waals surface area (Å²) >= 11 is 3.44. The standard InChI is InChI=1S/C14H18BrN3/c1-18(10-12-4-2-3-7-17-12)13-6-5-11(9-16)14(15)8-13/h5-6,8,12,17H,2-4,7,10H2,1H3. The first-order chi connectivity index (χ1) is 8.70. The van der Waals surface area contributed by atoms with E-state index in [0.717, 1.165) is 23.2 Å². The Balaban J connectivity index is 2.02. The van der Waals surface area contributed by atoms with Gasteiger partial charge in [-0.2, -0.15) is 5.26 Å². The molecule has 1 aromatic carbocycles. The first-order valence-electron chi connectivity index (χ1n) is 6.35. The van der Waals surface area contributed by atoms with E-state index in [0.29, 0.717) is 11.6 Å². The van der Waals surface area contributed by atoms with Crippen molar-refractivity contribution in [3.05, 3.63) is 28.2 Å². The summed E-state index contributed by atoms with van der Waals surface area (Å²) in [5.41, 5.74) is 1.83. The number of nitrogens with zero attached hydrogens (tertiary/aromatic N) is 2. The van der Waals surface area contributed by atoms with Crippen molar-refractivity contribution in [3.63, 3.8) is 0 Å². The third-order valence-corrected chi connectivity index (χ3v) is 4.08. The molecule has 0 radical (unpaired) electrons. The van der Waals surface area contributed by atoms with Crippen LogP contribution in [0.1, 0.15) is 24.8 Å². The van der Waals surface area contributed by atoms with Crippen LogP contribution in [0.4, 0.5) is 5.69 Å². The van der Waals surface area contributed by atoms with Gasteiger partial charge in [-0.25, -0.2) is 0 Å². The molecule has 0 spiro atoms. The van der Waals surface area contributed by atoms with Gasteiger partial charge in [-0.1, -0.05) is 6.42 Å². The third-order valence-electron chi connectivity index (χ3n) is 3.42. The van der Waals surface area contributed by atoms with Gasteiger partial charge in [-0.15, -0.1) is 0 Å². The van der Waals surface area contributed by atoms with E-state index in [-0.39, 0.29) is 0 Å². The molecule has 0 saturated carbocycles. The summed E-state index contributed by atoms with van der Waals surface area (Å²) in [7, 11) is 2.10. The summed E-state index contributed by atoms with van der Waals surface area (Å²) in [6.45, 7) is 2.15. The monoisotopic (exact) mass is 307 g/mol. The molecule has 0 bridgehead atoms. The zero-order chi connectivity index (χ0) is 13.0. The topological polar surface area (TPSA) is 39.1 Å². The van der Waals surface area contributed by atoms with Gasteiger partial charge < -0.3 is 10.2 Å². The molecule has 1 N–H and O–H groups in total. The van der Waals surface area contributed by atoms with E-state index >= 15 is 0 Å². The zero-order valence-electron chi connectivity index (χ0n) is 10.6. The molecule has 18 heavy (non-hydrogen) atoms. The molecule has 1 fully saturated rings. The van der Waals surface area contributed by atoms with Crippen molar-refractivity contribution in [1.82, 2.24) is 5.32 Å². The van der Waals surface area contributed by atoms with Gasteiger partial charge in [0.25, 0.3) is 0 Å². The van der Waals surface area contributed by atoms with Crippen LogP contribution in [0.3, 0.4) is 0 Å². The van der Waals surface area contributed by atoms with E-state index < -0.39 is 0 Å². The van der Waals surface area contributed by atoms with Crippen molar-refractivity contribution in [3.8, 4) is 6.07 Å². The molecule has 4 heteroatoms. The largest absolute Gasteiger partial charge is 0.373 e. The highest BCUT2D eigenvalue weighted by Gasteiger charge is 2.15. The van der Waals surface area contributed by atoms with E-state index in [4.69, 9.17) is 5.26 Å².